The molecule has 0 spiro atoms. The van der Waals surface area contributed by atoms with Crippen molar-refractivity contribution in [2.75, 3.05) is 5.32 Å². The summed E-state index contributed by atoms with van der Waals surface area (Å²) in [7, 11) is 1.79. The number of rotatable bonds is 4. The summed E-state index contributed by atoms with van der Waals surface area (Å²) >= 11 is 0. The van der Waals surface area contributed by atoms with E-state index in [1.165, 1.54) is 0 Å². The lowest BCUT2D eigenvalue weighted by Crippen LogP contribution is -2.24. The van der Waals surface area contributed by atoms with Gasteiger partial charge in [-0.3, -0.25) is 4.68 Å². The van der Waals surface area contributed by atoms with E-state index in [0.29, 0.717) is 5.95 Å². The number of anilines is 1. The molecule has 0 aromatic carbocycles. The van der Waals surface area contributed by atoms with E-state index in [2.05, 4.69) is 32.9 Å². The SMILES string of the molecule is CC(Cn1cccn1)Nc1nnnn1C. The maximum absolute atomic E-state index is 4.13. The molecular formula is C8H13N7. The first-order valence-electron chi connectivity index (χ1n) is 4.72. The fourth-order valence-electron chi connectivity index (χ4n) is 1.31. The molecule has 7 nitrogen and oxygen atoms in total. The van der Waals surface area contributed by atoms with Crippen LogP contribution in [-0.4, -0.2) is 36.0 Å². The number of hydrogen-bond acceptors (Lipinski definition) is 5. The molecule has 0 aliphatic carbocycles. The second kappa shape index (κ2) is 4.07. The minimum Gasteiger partial charge on any atom is -0.349 e. The smallest absolute Gasteiger partial charge is 0.242 e. The maximum Gasteiger partial charge on any atom is 0.242 e. The van der Waals surface area contributed by atoms with Crippen LogP contribution in [0.5, 0.6) is 0 Å². The average molecular weight is 207 g/mol. The Kier molecular flexibility index (Phi) is 2.61. The van der Waals surface area contributed by atoms with E-state index in [4.69, 9.17) is 0 Å². The van der Waals surface area contributed by atoms with Gasteiger partial charge in [0.25, 0.3) is 0 Å². The predicted octanol–water partition coefficient (Wildman–Crippen LogP) is -0.0928. The molecule has 7 heteroatoms. The molecule has 0 amide bonds. The first-order chi connectivity index (χ1) is 7.25. The van der Waals surface area contributed by atoms with E-state index >= 15 is 0 Å². The molecule has 1 unspecified atom stereocenters. The molecule has 2 rings (SSSR count). The monoisotopic (exact) mass is 207 g/mol. The number of nitrogens with zero attached hydrogens (tertiary/aromatic N) is 6. The van der Waals surface area contributed by atoms with E-state index in [1.54, 1.807) is 17.9 Å². The van der Waals surface area contributed by atoms with Crippen LogP contribution in [0.3, 0.4) is 0 Å². The third kappa shape index (κ3) is 2.30. The van der Waals surface area contributed by atoms with Crippen LogP contribution in [0.2, 0.25) is 0 Å². The van der Waals surface area contributed by atoms with Gasteiger partial charge in [-0.2, -0.15) is 5.10 Å². The number of aryl methyl sites for hydroxylation is 1. The van der Waals surface area contributed by atoms with Crippen molar-refractivity contribution in [3.8, 4) is 0 Å². The molecule has 0 aliphatic rings. The van der Waals surface area contributed by atoms with Crippen LogP contribution in [0.4, 0.5) is 5.95 Å². The van der Waals surface area contributed by atoms with Gasteiger partial charge in [0.15, 0.2) is 0 Å². The summed E-state index contributed by atoms with van der Waals surface area (Å²) in [6, 6.07) is 2.12. The second-order valence-electron chi connectivity index (χ2n) is 3.40. The summed E-state index contributed by atoms with van der Waals surface area (Å²) in [5, 5.41) is 18.5. The van der Waals surface area contributed by atoms with Crippen molar-refractivity contribution in [1.29, 1.82) is 0 Å². The summed E-state index contributed by atoms with van der Waals surface area (Å²) in [5.41, 5.74) is 0. The highest BCUT2D eigenvalue weighted by molar-refractivity contribution is 5.22. The van der Waals surface area contributed by atoms with Crippen molar-refractivity contribution < 1.29 is 0 Å². The number of nitrogens with one attached hydrogen (secondary N) is 1. The normalized spacial score (nSPS) is 12.7. The Labute approximate surface area is 87.1 Å². The Hall–Kier alpha value is -1.92. The van der Waals surface area contributed by atoms with Gasteiger partial charge in [-0.1, -0.05) is 5.10 Å². The molecule has 2 aromatic heterocycles. The Balaban J connectivity index is 1.93. The molecule has 0 saturated heterocycles. The first-order valence-corrected chi connectivity index (χ1v) is 4.72. The fourth-order valence-corrected chi connectivity index (χ4v) is 1.31. The average Bonchev–Trinajstić information content (AvgIpc) is 2.79. The van der Waals surface area contributed by atoms with Crippen molar-refractivity contribution in [3.63, 3.8) is 0 Å². The minimum atomic E-state index is 0.217. The van der Waals surface area contributed by atoms with Gasteiger partial charge >= 0.3 is 0 Å². The van der Waals surface area contributed by atoms with Gasteiger partial charge in [-0.15, -0.1) is 0 Å². The molecular weight excluding hydrogens is 194 g/mol. The largest absolute Gasteiger partial charge is 0.349 e. The lowest BCUT2D eigenvalue weighted by molar-refractivity contribution is 0.555. The van der Waals surface area contributed by atoms with E-state index < -0.39 is 0 Å². The lowest BCUT2D eigenvalue weighted by Gasteiger charge is -2.13. The van der Waals surface area contributed by atoms with Crippen LogP contribution < -0.4 is 5.32 Å². The molecule has 1 N–H and O–H groups in total. The topological polar surface area (TPSA) is 73.5 Å². The van der Waals surface area contributed by atoms with Gasteiger partial charge in [0.2, 0.25) is 5.95 Å². The summed E-state index contributed by atoms with van der Waals surface area (Å²) in [6.07, 6.45) is 3.68. The molecule has 2 aromatic rings. The Bertz CT molecular complexity index is 404. The van der Waals surface area contributed by atoms with Gasteiger partial charge in [0.05, 0.1) is 6.54 Å². The highest BCUT2D eigenvalue weighted by Gasteiger charge is 2.07. The highest BCUT2D eigenvalue weighted by Crippen LogP contribution is 2.01. The third-order valence-electron chi connectivity index (χ3n) is 2.02. The Morgan fingerprint density at radius 2 is 2.40 bits per heavy atom. The highest BCUT2D eigenvalue weighted by atomic mass is 15.6. The van der Waals surface area contributed by atoms with Crippen LogP contribution in [0.1, 0.15) is 6.92 Å². The molecule has 0 bridgehead atoms. The van der Waals surface area contributed by atoms with Gasteiger partial charge in [-0.05, 0) is 23.4 Å². The molecule has 15 heavy (non-hydrogen) atoms. The van der Waals surface area contributed by atoms with Crippen molar-refractivity contribution in [2.45, 2.75) is 19.5 Å². The van der Waals surface area contributed by atoms with Crippen LogP contribution >= 0.6 is 0 Å². The zero-order valence-electron chi connectivity index (χ0n) is 8.70. The van der Waals surface area contributed by atoms with Gasteiger partial charge < -0.3 is 5.32 Å². The molecule has 0 fully saturated rings. The van der Waals surface area contributed by atoms with Crippen molar-refractivity contribution >= 4 is 5.95 Å². The summed E-state index contributed by atoms with van der Waals surface area (Å²) in [6.45, 7) is 2.83. The second-order valence-corrected chi connectivity index (χ2v) is 3.40. The molecule has 80 valence electrons. The van der Waals surface area contributed by atoms with Gasteiger partial charge in [-0.25, -0.2) is 4.68 Å². The summed E-state index contributed by atoms with van der Waals surface area (Å²) < 4.78 is 3.46. The molecule has 0 saturated carbocycles. The summed E-state index contributed by atoms with van der Waals surface area (Å²) in [5.74, 6) is 0.662. The molecule has 2 heterocycles. The Morgan fingerprint density at radius 3 is 3.00 bits per heavy atom. The van der Waals surface area contributed by atoms with Crippen LogP contribution in [-0.2, 0) is 13.6 Å². The lowest BCUT2D eigenvalue weighted by atomic mass is 10.3. The van der Waals surface area contributed by atoms with Crippen LogP contribution in [0.15, 0.2) is 18.5 Å². The zero-order chi connectivity index (χ0) is 10.7. The van der Waals surface area contributed by atoms with Gasteiger partial charge in [0, 0.05) is 25.5 Å². The van der Waals surface area contributed by atoms with Crippen molar-refractivity contribution in [3.05, 3.63) is 18.5 Å². The summed E-state index contributed by atoms with van der Waals surface area (Å²) in [4.78, 5) is 0. The quantitative estimate of drug-likeness (QED) is 0.758. The van der Waals surface area contributed by atoms with E-state index in [0.717, 1.165) is 6.54 Å². The van der Waals surface area contributed by atoms with E-state index in [9.17, 15) is 0 Å². The fraction of sp³-hybridized carbons (Fsp3) is 0.500. The number of tetrazole rings is 1. The van der Waals surface area contributed by atoms with Crippen LogP contribution in [0, 0.1) is 0 Å². The molecule has 0 radical (unpaired) electrons. The minimum absolute atomic E-state index is 0.217. The first kappa shape index (κ1) is 9.63. The van der Waals surface area contributed by atoms with Crippen molar-refractivity contribution in [1.82, 2.24) is 30.0 Å². The maximum atomic E-state index is 4.13. The van der Waals surface area contributed by atoms with E-state index in [-0.39, 0.29) is 6.04 Å². The predicted molar refractivity (Wildman–Crippen MR) is 54.1 cm³/mol. The van der Waals surface area contributed by atoms with Gasteiger partial charge in [0.1, 0.15) is 0 Å². The molecule has 1 atom stereocenters. The van der Waals surface area contributed by atoms with E-state index in [1.807, 2.05) is 16.9 Å². The van der Waals surface area contributed by atoms with Crippen LogP contribution in [0.25, 0.3) is 0 Å². The zero-order valence-corrected chi connectivity index (χ0v) is 8.70. The number of aromatic nitrogens is 6. The third-order valence-corrected chi connectivity index (χ3v) is 2.02. The molecule has 0 aliphatic heterocycles. The standard InChI is InChI=1S/C8H13N7/c1-7(6-15-5-3-4-9-15)10-8-11-12-13-14(8)2/h3-5,7H,6H2,1-2H3,(H,10,11,13). The Morgan fingerprint density at radius 1 is 1.53 bits per heavy atom. The van der Waals surface area contributed by atoms with Crippen molar-refractivity contribution in [2.24, 2.45) is 7.05 Å². The number of hydrogen-bond donors (Lipinski definition) is 1.